The summed E-state index contributed by atoms with van der Waals surface area (Å²) in [5.74, 6) is 0.867. The van der Waals surface area contributed by atoms with Crippen molar-refractivity contribution >= 4 is 11.7 Å². The number of hydrogen-bond donors (Lipinski definition) is 1. The van der Waals surface area contributed by atoms with Crippen LogP contribution in [0.25, 0.3) is 0 Å². The van der Waals surface area contributed by atoms with Gasteiger partial charge in [0.2, 0.25) is 5.91 Å². The summed E-state index contributed by atoms with van der Waals surface area (Å²) in [5.41, 5.74) is 0.387. The fourth-order valence-electron chi connectivity index (χ4n) is 2.83. The molecule has 1 fully saturated rings. The molecule has 5 nitrogen and oxygen atoms in total. The lowest BCUT2D eigenvalue weighted by Crippen LogP contribution is -2.31. The van der Waals surface area contributed by atoms with Crippen LogP contribution in [0.4, 0.5) is 10.2 Å². The van der Waals surface area contributed by atoms with Crippen molar-refractivity contribution in [3.8, 4) is 0 Å². The molecule has 3 rings (SSSR count). The standard InChI is InChI=1S/C18H21FN4O/c19-15-7-3-2-6-14(15)12-18(24)21-13-16-20-9-8-17(22-16)23-10-4-1-5-11-23/h2-3,6-9H,1,4-5,10-13H2,(H,21,24). The lowest BCUT2D eigenvalue weighted by Gasteiger charge is -2.27. The van der Waals surface area contributed by atoms with Gasteiger partial charge in [0.25, 0.3) is 0 Å². The number of carbonyl (C=O) groups excluding carboxylic acids is 1. The van der Waals surface area contributed by atoms with Gasteiger partial charge in [-0.1, -0.05) is 18.2 Å². The van der Waals surface area contributed by atoms with Crippen LogP contribution in [0.1, 0.15) is 30.7 Å². The molecule has 0 saturated carbocycles. The number of benzene rings is 1. The lowest BCUT2D eigenvalue weighted by atomic mass is 10.1. The van der Waals surface area contributed by atoms with Crippen molar-refractivity contribution in [1.29, 1.82) is 0 Å². The Hall–Kier alpha value is -2.50. The quantitative estimate of drug-likeness (QED) is 0.916. The lowest BCUT2D eigenvalue weighted by molar-refractivity contribution is -0.120. The molecule has 1 aromatic heterocycles. The highest BCUT2D eigenvalue weighted by Crippen LogP contribution is 2.16. The molecule has 1 aromatic carbocycles. The molecule has 1 amide bonds. The Kier molecular flexibility index (Phi) is 5.36. The molecule has 0 unspecified atom stereocenters. The molecule has 6 heteroatoms. The molecule has 0 atom stereocenters. The monoisotopic (exact) mass is 328 g/mol. The van der Waals surface area contributed by atoms with E-state index in [9.17, 15) is 9.18 Å². The minimum absolute atomic E-state index is 0.0124. The highest BCUT2D eigenvalue weighted by molar-refractivity contribution is 5.78. The zero-order chi connectivity index (χ0) is 16.8. The summed E-state index contributed by atoms with van der Waals surface area (Å²) in [7, 11) is 0. The average molecular weight is 328 g/mol. The van der Waals surface area contributed by atoms with Gasteiger partial charge in [0, 0.05) is 19.3 Å². The minimum atomic E-state index is -0.365. The largest absolute Gasteiger partial charge is 0.357 e. The number of nitrogens with one attached hydrogen (secondary N) is 1. The fraction of sp³-hybridized carbons (Fsp3) is 0.389. The van der Waals surface area contributed by atoms with E-state index in [-0.39, 0.29) is 24.7 Å². The average Bonchev–Trinajstić information content (AvgIpc) is 2.63. The minimum Gasteiger partial charge on any atom is -0.357 e. The SMILES string of the molecule is O=C(Cc1ccccc1F)NCc1nccc(N2CCCCC2)n1. The summed E-state index contributed by atoms with van der Waals surface area (Å²) < 4.78 is 13.6. The maximum Gasteiger partial charge on any atom is 0.224 e. The van der Waals surface area contributed by atoms with Gasteiger partial charge in [-0.05, 0) is 37.0 Å². The first-order valence-corrected chi connectivity index (χ1v) is 8.29. The molecule has 1 N–H and O–H groups in total. The third-order valence-corrected chi connectivity index (χ3v) is 4.12. The molecule has 24 heavy (non-hydrogen) atoms. The highest BCUT2D eigenvalue weighted by Gasteiger charge is 2.13. The van der Waals surface area contributed by atoms with Crippen molar-refractivity contribution in [3.63, 3.8) is 0 Å². The summed E-state index contributed by atoms with van der Waals surface area (Å²) >= 11 is 0. The fourth-order valence-corrected chi connectivity index (χ4v) is 2.83. The first-order valence-electron chi connectivity index (χ1n) is 8.29. The van der Waals surface area contributed by atoms with Crippen LogP contribution >= 0.6 is 0 Å². The van der Waals surface area contributed by atoms with E-state index in [1.165, 1.54) is 25.3 Å². The number of carbonyl (C=O) groups is 1. The van der Waals surface area contributed by atoms with Crippen LogP contribution < -0.4 is 10.2 Å². The van der Waals surface area contributed by atoms with Gasteiger partial charge >= 0.3 is 0 Å². The van der Waals surface area contributed by atoms with Crippen LogP contribution in [0, 0.1) is 5.82 Å². The second-order valence-corrected chi connectivity index (χ2v) is 5.92. The Bertz CT molecular complexity index is 701. The van der Waals surface area contributed by atoms with Crippen LogP contribution in [0.5, 0.6) is 0 Å². The third kappa shape index (κ3) is 4.28. The van der Waals surface area contributed by atoms with Gasteiger partial charge in [-0.2, -0.15) is 0 Å². The number of anilines is 1. The first kappa shape index (κ1) is 16.4. The summed E-state index contributed by atoms with van der Waals surface area (Å²) in [4.78, 5) is 22.9. The number of piperidine rings is 1. The van der Waals surface area contributed by atoms with Crippen LogP contribution in [-0.2, 0) is 17.8 Å². The smallest absolute Gasteiger partial charge is 0.224 e. The topological polar surface area (TPSA) is 58.1 Å². The van der Waals surface area contributed by atoms with Gasteiger partial charge in [-0.25, -0.2) is 14.4 Å². The molecular weight excluding hydrogens is 307 g/mol. The van der Waals surface area contributed by atoms with Crippen LogP contribution in [0.15, 0.2) is 36.5 Å². The van der Waals surface area contributed by atoms with Gasteiger partial charge in [0.1, 0.15) is 17.5 Å². The predicted molar refractivity (Wildman–Crippen MR) is 90.0 cm³/mol. The predicted octanol–water partition coefficient (Wildman–Crippen LogP) is 2.46. The molecule has 1 saturated heterocycles. The Morgan fingerprint density at radius 1 is 1.17 bits per heavy atom. The molecular formula is C18H21FN4O. The van der Waals surface area contributed by atoms with Crippen molar-refractivity contribution in [2.45, 2.75) is 32.2 Å². The van der Waals surface area contributed by atoms with Gasteiger partial charge < -0.3 is 10.2 Å². The molecule has 2 aromatic rings. The van der Waals surface area contributed by atoms with Crippen molar-refractivity contribution in [2.75, 3.05) is 18.0 Å². The molecule has 0 aliphatic carbocycles. The Morgan fingerprint density at radius 2 is 1.96 bits per heavy atom. The zero-order valence-corrected chi connectivity index (χ0v) is 13.5. The van der Waals surface area contributed by atoms with Crippen LogP contribution in [0.3, 0.4) is 0 Å². The van der Waals surface area contributed by atoms with Gasteiger partial charge in [-0.3, -0.25) is 4.79 Å². The van der Waals surface area contributed by atoms with E-state index < -0.39 is 0 Å². The van der Waals surface area contributed by atoms with Gasteiger partial charge in [-0.15, -0.1) is 0 Å². The Morgan fingerprint density at radius 3 is 2.75 bits per heavy atom. The summed E-state index contributed by atoms with van der Waals surface area (Å²) in [6, 6.07) is 8.19. The molecule has 0 spiro atoms. The number of amides is 1. The number of hydrogen-bond acceptors (Lipinski definition) is 4. The van der Waals surface area contributed by atoms with Crippen LogP contribution in [0.2, 0.25) is 0 Å². The molecule has 1 aliphatic heterocycles. The van der Waals surface area contributed by atoms with E-state index in [4.69, 9.17) is 0 Å². The third-order valence-electron chi connectivity index (χ3n) is 4.12. The Labute approximate surface area is 140 Å². The van der Waals surface area contributed by atoms with Crippen molar-refractivity contribution in [1.82, 2.24) is 15.3 Å². The molecule has 126 valence electrons. The van der Waals surface area contributed by atoms with Crippen molar-refractivity contribution in [3.05, 3.63) is 53.7 Å². The maximum absolute atomic E-state index is 13.6. The molecule has 1 aliphatic rings. The van der Waals surface area contributed by atoms with Gasteiger partial charge in [0.05, 0.1) is 13.0 Å². The highest BCUT2D eigenvalue weighted by atomic mass is 19.1. The molecule has 2 heterocycles. The van der Waals surface area contributed by atoms with Crippen LogP contribution in [-0.4, -0.2) is 29.0 Å². The van der Waals surface area contributed by atoms with E-state index >= 15 is 0 Å². The first-order chi connectivity index (χ1) is 11.7. The Balaban J connectivity index is 1.56. The number of nitrogens with zero attached hydrogens (tertiary/aromatic N) is 3. The van der Waals surface area contributed by atoms with E-state index in [1.54, 1.807) is 24.4 Å². The van der Waals surface area contributed by atoms with Gasteiger partial charge in [0.15, 0.2) is 0 Å². The number of rotatable bonds is 5. The van der Waals surface area contributed by atoms with Crippen molar-refractivity contribution in [2.24, 2.45) is 0 Å². The van der Waals surface area contributed by atoms with E-state index in [1.807, 2.05) is 6.07 Å². The second kappa shape index (κ2) is 7.86. The maximum atomic E-state index is 13.6. The van der Waals surface area contributed by atoms with E-state index in [0.717, 1.165) is 18.9 Å². The van der Waals surface area contributed by atoms with E-state index in [2.05, 4.69) is 20.2 Å². The zero-order valence-electron chi connectivity index (χ0n) is 13.5. The summed E-state index contributed by atoms with van der Waals surface area (Å²) in [6.07, 6.45) is 5.35. The second-order valence-electron chi connectivity index (χ2n) is 5.92. The molecule has 0 bridgehead atoms. The van der Waals surface area contributed by atoms with Crippen molar-refractivity contribution < 1.29 is 9.18 Å². The summed E-state index contributed by atoms with van der Waals surface area (Å²) in [6.45, 7) is 2.27. The number of aromatic nitrogens is 2. The van der Waals surface area contributed by atoms with E-state index in [0.29, 0.717) is 11.4 Å². The normalized spacial score (nSPS) is 14.5. The molecule has 0 radical (unpaired) electrons. The summed E-state index contributed by atoms with van der Waals surface area (Å²) in [5, 5.41) is 2.76. The number of halogens is 1.